The number of rotatable bonds is 3. The van der Waals surface area contributed by atoms with Gasteiger partial charge in [-0.15, -0.1) is 11.8 Å². The van der Waals surface area contributed by atoms with Crippen LogP contribution in [0.3, 0.4) is 0 Å². The Morgan fingerprint density at radius 3 is 2.15 bits per heavy atom. The number of hydrogen-bond donors (Lipinski definition) is 1. The lowest BCUT2D eigenvalue weighted by molar-refractivity contribution is 0.322. The van der Waals surface area contributed by atoms with Crippen LogP contribution in [0.4, 0.5) is 0 Å². The number of hydrogen-bond acceptors (Lipinski definition) is 2. The summed E-state index contributed by atoms with van der Waals surface area (Å²) in [6.07, 6.45) is 0. The van der Waals surface area contributed by atoms with E-state index in [1.165, 1.54) is 21.6 Å². The molecule has 1 aromatic carbocycles. The number of benzene rings is 1. The van der Waals surface area contributed by atoms with E-state index in [0.717, 1.165) is 5.75 Å². The average molecular weight is 196 g/mol. The van der Waals surface area contributed by atoms with Crippen LogP contribution in [0.15, 0.2) is 17.0 Å². The van der Waals surface area contributed by atoms with Crippen molar-refractivity contribution < 1.29 is 5.11 Å². The molecule has 0 fully saturated rings. The Labute approximate surface area is 84.2 Å². The van der Waals surface area contributed by atoms with Crippen LogP contribution < -0.4 is 0 Å². The van der Waals surface area contributed by atoms with Crippen LogP contribution in [-0.2, 0) is 0 Å². The normalized spacial score (nSPS) is 10.5. The molecule has 0 heterocycles. The van der Waals surface area contributed by atoms with E-state index >= 15 is 0 Å². The molecule has 1 rings (SSSR count). The first-order valence-corrected chi connectivity index (χ1v) is 5.45. The largest absolute Gasteiger partial charge is 0.396 e. The molecule has 0 saturated carbocycles. The quantitative estimate of drug-likeness (QED) is 0.750. The summed E-state index contributed by atoms with van der Waals surface area (Å²) in [6, 6.07) is 4.37. The van der Waals surface area contributed by atoms with E-state index in [9.17, 15) is 0 Å². The summed E-state index contributed by atoms with van der Waals surface area (Å²) in [5, 5.41) is 8.74. The molecule has 0 unspecified atom stereocenters. The van der Waals surface area contributed by atoms with Gasteiger partial charge >= 0.3 is 0 Å². The van der Waals surface area contributed by atoms with Crippen LogP contribution in [0.1, 0.15) is 16.7 Å². The third kappa shape index (κ3) is 2.75. The van der Waals surface area contributed by atoms with Gasteiger partial charge in [0.2, 0.25) is 0 Å². The van der Waals surface area contributed by atoms with Crippen molar-refractivity contribution in [2.45, 2.75) is 25.7 Å². The first kappa shape index (κ1) is 10.6. The van der Waals surface area contributed by atoms with Crippen molar-refractivity contribution in [1.29, 1.82) is 0 Å². The zero-order chi connectivity index (χ0) is 9.84. The monoisotopic (exact) mass is 196 g/mol. The van der Waals surface area contributed by atoms with Crippen molar-refractivity contribution in [3.8, 4) is 0 Å². The third-order valence-electron chi connectivity index (χ3n) is 1.94. The molecular weight excluding hydrogens is 180 g/mol. The molecule has 2 heteroatoms. The van der Waals surface area contributed by atoms with Gasteiger partial charge in [-0.2, -0.15) is 0 Å². The molecule has 0 atom stereocenters. The predicted molar refractivity (Wildman–Crippen MR) is 58.5 cm³/mol. The maximum Gasteiger partial charge on any atom is 0.0525 e. The first-order valence-electron chi connectivity index (χ1n) is 4.46. The fourth-order valence-electron chi connectivity index (χ4n) is 1.54. The Kier molecular flexibility index (Phi) is 3.82. The number of aliphatic hydroxyl groups excluding tert-OH is 1. The molecule has 0 bridgehead atoms. The fourth-order valence-corrected chi connectivity index (χ4v) is 2.41. The minimum atomic E-state index is 0.247. The SMILES string of the molecule is Cc1cc(C)c(SCCO)c(C)c1. The van der Waals surface area contributed by atoms with Gasteiger partial charge in [0, 0.05) is 10.6 Å². The molecule has 0 aliphatic carbocycles. The van der Waals surface area contributed by atoms with Crippen LogP contribution in [-0.4, -0.2) is 17.5 Å². The van der Waals surface area contributed by atoms with Crippen LogP contribution >= 0.6 is 11.8 Å². The van der Waals surface area contributed by atoms with E-state index in [1.807, 2.05) is 0 Å². The lowest BCUT2D eigenvalue weighted by Gasteiger charge is -2.09. The minimum Gasteiger partial charge on any atom is -0.396 e. The summed E-state index contributed by atoms with van der Waals surface area (Å²) in [4.78, 5) is 1.32. The standard InChI is InChI=1S/C11H16OS/c1-8-6-9(2)11(10(3)7-8)13-5-4-12/h6-7,12H,4-5H2,1-3H3. The molecule has 1 aromatic rings. The molecule has 72 valence electrons. The molecule has 1 nitrogen and oxygen atoms in total. The van der Waals surface area contributed by atoms with Crippen LogP contribution in [0.25, 0.3) is 0 Å². The highest BCUT2D eigenvalue weighted by Crippen LogP contribution is 2.26. The summed E-state index contributed by atoms with van der Waals surface area (Å²) in [5.41, 5.74) is 3.94. The van der Waals surface area contributed by atoms with E-state index < -0.39 is 0 Å². The molecule has 0 aliphatic heterocycles. The zero-order valence-electron chi connectivity index (χ0n) is 8.42. The second-order valence-corrected chi connectivity index (χ2v) is 4.41. The molecule has 0 radical (unpaired) electrons. The summed E-state index contributed by atoms with van der Waals surface area (Å²) in [5.74, 6) is 0.782. The Morgan fingerprint density at radius 1 is 1.15 bits per heavy atom. The summed E-state index contributed by atoms with van der Waals surface area (Å²) in [7, 11) is 0. The van der Waals surface area contributed by atoms with Gasteiger partial charge in [-0.1, -0.05) is 17.7 Å². The Balaban J connectivity index is 2.92. The third-order valence-corrected chi connectivity index (χ3v) is 3.26. The highest BCUT2D eigenvalue weighted by Gasteiger charge is 2.03. The molecule has 0 aromatic heterocycles. The number of aliphatic hydroxyl groups is 1. The van der Waals surface area contributed by atoms with Crippen molar-refractivity contribution in [2.75, 3.05) is 12.4 Å². The van der Waals surface area contributed by atoms with Crippen molar-refractivity contribution >= 4 is 11.8 Å². The van der Waals surface area contributed by atoms with Crippen LogP contribution in [0, 0.1) is 20.8 Å². The highest BCUT2D eigenvalue weighted by atomic mass is 32.2. The zero-order valence-corrected chi connectivity index (χ0v) is 9.24. The van der Waals surface area contributed by atoms with E-state index in [2.05, 4.69) is 32.9 Å². The van der Waals surface area contributed by atoms with Gasteiger partial charge in [0.15, 0.2) is 0 Å². The second kappa shape index (κ2) is 4.68. The molecule has 0 amide bonds. The topological polar surface area (TPSA) is 20.2 Å². The fraction of sp³-hybridized carbons (Fsp3) is 0.455. The van der Waals surface area contributed by atoms with Gasteiger partial charge in [0.25, 0.3) is 0 Å². The molecule has 13 heavy (non-hydrogen) atoms. The smallest absolute Gasteiger partial charge is 0.0525 e. The lowest BCUT2D eigenvalue weighted by atomic mass is 10.1. The van der Waals surface area contributed by atoms with E-state index in [1.54, 1.807) is 11.8 Å². The second-order valence-electron chi connectivity index (χ2n) is 3.30. The van der Waals surface area contributed by atoms with E-state index in [-0.39, 0.29) is 6.61 Å². The summed E-state index contributed by atoms with van der Waals surface area (Å²) < 4.78 is 0. The molecule has 0 aliphatic rings. The van der Waals surface area contributed by atoms with Crippen molar-refractivity contribution in [1.82, 2.24) is 0 Å². The summed E-state index contributed by atoms with van der Waals surface area (Å²) in [6.45, 7) is 6.61. The maximum absolute atomic E-state index is 8.74. The number of thioether (sulfide) groups is 1. The van der Waals surface area contributed by atoms with Gasteiger partial charge in [-0.25, -0.2) is 0 Å². The Bertz CT molecular complexity index is 271. The van der Waals surface area contributed by atoms with Crippen molar-refractivity contribution in [3.05, 3.63) is 28.8 Å². The van der Waals surface area contributed by atoms with Gasteiger partial charge < -0.3 is 5.11 Å². The lowest BCUT2D eigenvalue weighted by Crippen LogP contribution is -1.91. The molecule has 0 saturated heterocycles. The van der Waals surface area contributed by atoms with Crippen LogP contribution in [0.5, 0.6) is 0 Å². The van der Waals surface area contributed by atoms with E-state index in [0.29, 0.717) is 0 Å². The highest BCUT2D eigenvalue weighted by molar-refractivity contribution is 7.99. The van der Waals surface area contributed by atoms with Gasteiger partial charge in [0.05, 0.1) is 6.61 Å². The molecular formula is C11H16OS. The minimum absolute atomic E-state index is 0.247. The molecule has 1 N–H and O–H groups in total. The number of aryl methyl sites for hydroxylation is 3. The van der Waals surface area contributed by atoms with Crippen LogP contribution in [0.2, 0.25) is 0 Å². The first-order chi connectivity index (χ1) is 6.15. The average Bonchev–Trinajstić information content (AvgIpc) is 2.02. The van der Waals surface area contributed by atoms with Gasteiger partial charge in [-0.05, 0) is 31.9 Å². The van der Waals surface area contributed by atoms with Gasteiger partial charge in [-0.3, -0.25) is 0 Å². The Morgan fingerprint density at radius 2 is 1.69 bits per heavy atom. The van der Waals surface area contributed by atoms with Crippen molar-refractivity contribution in [3.63, 3.8) is 0 Å². The molecule has 0 spiro atoms. The maximum atomic E-state index is 8.74. The Hall–Kier alpha value is -0.470. The van der Waals surface area contributed by atoms with Crippen molar-refractivity contribution in [2.24, 2.45) is 0 Å². The predicted octanol–water partition coefficient (Wildman–Crippen LogP) is 2.70. The summed E-state index contributed by atoms with van der Waals surface area (Å²) >= 11 is 1.73. The van der Waals surface area contributed by atoms with E-state index in [4.69, 9.17) is 5.11 Å². The van der Waals surface area contributed by atoms with Gasteiger partial charge in [0.1, 0.15) is 0 Å².